The van der Waals surface area contributed by atoms with E-state index < -0.39 is 5.97 Å². The van der Waals surface area contributed by atoms with Gasteiger partial charge in [-0.3, -0.25) is 4.79 Å². The molecule has 0 unspecified atom stereocenters. The van der Waals surface area contributed by atoms with Gasteiger partial charge in [0.05, 0.1) is 0 Å². The van der Waals surface area contributed by atoms with E-state index >= 15 is 0 Å². The zero-order valence-electron chi connectivity index (χ0n) is 23.4. The first-order chi connectivity index (χ1) is 18.7. The van der Waals surface area contributed by atoms with Gasteiger partial charge in [-0.05, 0) is 79.1 Å². The molecule has 0 aliphatic rings. The van der Waals surface area contributed by atoms with Gasteiger partial charge in [0, 0.05) is 25.4 Å². The fourth-order valence-electron chi connectivity index (χ4n) is 4.24. The Morgan fingerprint density at radius 3 is 1.15 bits per heavy atom. The van der Waals surface area contributed by atoms with Crippen LogP contribution in [0.4, 0.5) is 0 Å². The molecule has 39 heavy (non-hydrogen) atoms. The van der Waals surface area contributed by atoms with E-state index in [1.807, 2.05) is 12.1 Å². The van der Waals surface area contributed by atoms with Crippen molar-refractivity contribution in [2.45, 2.75) is 31.8 Å². The number of carbonyl (C=O) groups is 1. The van der Waals surface area contributed by atoms with Crippen molar-refractivity contribution in [1.29, 1.82) is 0 Å². The summed E-state index contributed by atoms with van der Waals surface area (Å²) in [5.74, 6) is -0.183. The van der Waals surface area contributed by atoms with Crippen molar-refractivity contribution in [3.05, 3.63) is 119 Å². The third-order valence-corrected chi connectivity index (χ3v) is 6.57. The molecule has 0 aromatic heterocycles. The van der Waals surface area contributed by atoms with Gasteiger partial charge in [0.15, 0.2) is 0 Å². The summed E-state index contributed by atoms with van der Waals surface area (Å²) in [5.41, 5.74) is 9.67. The van der Waals surface area contributed by atoms with E-state index in [0.717, 1.165) is 29.8 Å². The van der Waals surface area contributed by atoms with Crippen LogP contribution >= 0.6 is 11.6 Å². The molecule has 0 heterocycles. The summed E-state index contributed by atoms with van der Waals surface area (Å²) < 4.78 is 0. The van der Waals surface area contributed by atoms with Gasteiger partial charge in [-0.1, -0.05) is 97.1 Å². The van der Waals surface area contributed by atoms with Crippen LogP contribution in [0.3, 0.4) is 0 Å². The molecule has 0 saturated heterocycles. The van der Waals surface area contributed by atoms with E-state index in [1.54, 1.807) is 0 Å². The number of nitrogens with zero attached hydrogens (tertiary/aromatic N) is 2. The SMILES string of the molecule is CN(C)Cc1ccc(-c2ccc(CCC(=O)O)cc2)cc1.CN(C)Cc1ccc(-c2ccc(CCl)cc2)cc1. The predicted octanol–water partition coefficient (Wildman–Crippen LogP) is 7.59. The number of alkyl halides is 1. The average molecular weight is 543 g/mol. The molecule has 0 bridgehead atoms. The quantitative estimate of drug-likeness (QED) is 0.210. The van der Waals surface area contributed by atoms with Crippen LogP contribution in [0.25, 0.3) is 22.3 Å². The minimum absolute atomic E-state index is 0.179. The predicted molar refractivity (Wildman–Crippen MR) is 164 cm³/mol. The molecule has 4 nitrogen and oxygen atoms in total. The van der Waals surface area contributed by atoms with Gasteiger partial charge in [0.2, 0.25) is 0 Å². The minimum atomic E-state index is -0.754. The van der Waals surface area contributed by atoms with Crippen molar-refractivity contribution in [2.24, 2.45) is 0 Å². The molecule has 204 valence electrons. The Bertz CT molecular complexity index is 1280. The molecule has 4 aromatic carbocycles. The number of halogens is 1. The smallest absolute Gasteiger partial charge is 0.303 e. The standard InChI is InChI=1S/C18H21NO2.C16H18ClN/c1-19(2)13-15-5-10-17(11-6-15)16-8-3-14(4-9-16)7-12-18(20)21;1-18(2)12-14-5-9-16(10-6-14)15-7-3-13(11-17)4-8-15/h3-6,8-11H,7,12-13H2,1-2H3,(H,20,21);3-10H,11-12H2,1-2H3. The summed E-state index contributed by atoms with van der Waals surface area (Å²) in [6.45, 7) is 1.92. The zero-order chi connectivity index (χ0) is 28.2. The molecule has 1 N–H and O–H groups in total. The van der Waals surface area contributed by atoms with Crippen molar-refractivity contribution in [1.82, 2.24) is 9.80 Å². The van der Waals surface area contributed by atoms with Gasteiger partial charge in [-0.25, -0.2) is 0 Å². The van der Waals surface area contributed by atoms with Crippen LogP contribution in [0, 0.1) is 0 Å². The van der Waals surface area contributed by atoms with Crippen molar-refractivity contribution in [3.8, 4) is 22.3 Å². The van der Waals surface area contributed by atoms with E-state index in [4.69, 9.17) is 16.7 Å². The second-order valence-corrected chi connectivity index (χ2v) is 10.6. The molecule has 5 heteroatoms. The normalized spacial score (nSPS) is 10.8. The second-order valence-electron chi connectivity index (χ2n) is 10.3. The number of hydrogen-bond donors (Lipinski definition) is 1. The fraction of sp³-hybridized carbons (Fsp3) is 0.265. The molecule has 0 spiro atoms. The summed E-state index contributed by atoms with van der Waals surface area (Å²) in [7, 11) is 8.28. The molecule has 0 saturated carbocycles. The number of hydrogen-bond acceptors (Lipinski definition) is 3. The summed E-state index contributed by atoms with van der Waals surface area (Å²) in [5, 5.41) is 8.69. The molecule has 0 amide bonds. The fourth-order valence-corrected chi connectivity index (χ4v) is 4.42. The lowest BCUT2D eigenvalue weighted by molar-refractivity contribution is -0.136. The summed E-state index contributed by atoms with van der Waals surface area (Å²) in [4.78, 5) is 14.9. The third-order valence-electron chi connectivity index (χ3n) is 6.26. The lowest BCUT2D eigenvalue weighted by Crippen LogP contribution is -2.10. The van der Waals surface area contributed by atoms with E-state index in [0.29, 0.717) is 12.3 Å². The van der Waals surface area contributed by atoms with Gasteiger partial charge < -0.3 is 14.9 Å². The van der Waals surface area contributed by atoms with Gasteiger partial charge >= 0.3 is 5.97 Å². The molecule has 4 aromatic rings. The summed E-state index contributed by atoms with van der Waals surface area (Å²) >= 11 is 5.79. The lowest BCUT2D eigenvalue weighted by atomic mass is 10.0. The molecule has 0 radical (unpaired) electrons. The molecule has 0 fully saturated rings. The summed E-state index contributed by atoms with van der Waals surface area (Å²) in [6, 6.07) is 33.8. The number of rotatable bonds is 10. The Morgan fingerprint density at radius 1 is 0.564 bits per heavy atom. The van der Waals surface area contributed by atoms with Crippen LogP contribution in [0.1, 0.15) is 28.7 Å². The highest BCUT2D eigenvalue weighted by Crippen LogP contribution is 2.22. The Morgan fingerprint density at radius 2 is 0.872 bits per heavy atom. The lowest BCUT2D eigenvalue weighted by Gasteiger charge is -2.10. The molecule has 0 atom stereocenters. The van der Waals surface area contributed by atoms with Crippen molar-refractivity contribution >= 4 is 17.6 Å². The monoisotopic (exact) mass is 542 g/mol. The highest BCUT2D eigenvalue weighted by atomic mass is 35.5. The Hall–Kier alpha value is -3.44. The largest absolute Gasteiger partial charge is 0.481 e. The summed E-state index contributed by atoms with van der Waals surface area (Å²) in [6.07, 6.45) is 0.760. The number of aliphatic carboxylic acids is 1. The molecule has 0 aliphatic carbocycles. The average Bonchev–Trinajstić information content (AvgIpc) is 2.93. The zero-order valence-corrected chi connectivity index (χ0v) is 24.2. The highest BCUT2D eigenvalue weighted by Gasteiger charge is 2.03. The maximum Gasteiger partial charge on any atom is 0.303 e. The Labute approximate surface area is 238 Å². The van der Waals surface area contributed by atoms with E-state index in [1.165, 1.54) is 27.8 Å². The highest BCUT2D eigenvalue weighted by molar-refractivity contribution is 6.17. The van der Waals surface area contributed by atoms with Crippen molar-refractivity contribution in [2.75, 3.05) is 28.2 Å². The Balaban J connectivity index is 0.000000218. The molecule has 0 aliphatic heterocycles. The van der Waals surface area contributed by atoms with Crippen LogP contribution in [-0.4, -0.2) is 49.1 Å². The van der Waals surface area contributed by atoms with Crippen molar-refractivity contribution in [3.63, 3.8) is 0 Å². The van der Waals surface area contributed by atoms with Crippen molar-refractivity contribution < 1.29 is 9.90 Å². The van der Waals surface area contributed by atoms with Crippen LogP contribution in [-0.2, 0) is 30.2 Å². The van der Waals surface area contributed by atoms with Gasteiger partial charge in [-0.2, -0.15) is 0 Å². The van der Waals surface area contributed by atoms with Gasteiger partial charge in [0.25, 0.3) is 0 Å². The number of carboxylic acids is 1. The molecular formula is C34H39ClN2O2. The number of carboxylic acid groups (broad SMARTS) is 1. The molecular weight excluding hydrogens is 504 g/mol. The topological polar surface area (TPSA) is 43.8 Å². The third kappa shape index (κ3) is 10.3. The first kappa shape index (κ1) is 30.1. The number of benzene rings is 4. The van der Waals surface area contributed by atoms with Gasteiger partial charge in [-0.15, -0.1) is 11.6 Å². The van der Waals surface area contributed by atoms with E-state index in [-0.39, 0.29) is 6.42 Å². The minimum Gasteiger partial charge on any atom is -0.481 e. The van der Waals surface area contributed by atoms with E-state index in [2.05, 4.69) is 123 Å². The maximum atomic E-state index is 10.6. The number of aryl methyl sites for hydroxylation is 1. The van der Waals surface area contributed by atoms with Crippen LogP contribution in [0.5, 0.6) is 0 Å². The maximum absolute atomic E-state index is 10.6. The second kappa shape index (κ2) is 15.2. The van der Waals surface area contributed by atoms with Crippen LogP contribution in [0.15, 0.2) is 97.1 Å². The molecule has 4 rings (SSSR count). The van der Waals surface area contributed by atoms with Gasteiger partial charge in [0.1, 0.15) is 0 Å². The van der Waals surface area contributed by atoms with Crippen LogP contribution in [0.2, 0.25) is 0 Å². The van der Waals surface area contributed by atoms with Crippen LogP contribution < -0.4 is 0 Å². The first-order valence-corrected chi connectivity index (χ1v) is 13.7. The van der Waals surface area contributed by atoms with E-state index in [9.17, 15) is 4.79 Å². The Kier molecular flexibility index (Phi) is 11.8. The first-order valence-electron chi connectivity index (χ1n) is 13.2.